The van der Waals surface area contributed by atoms with Crippen molar-refractivity contribution >= 4 is 10.1 Å². The number of hydrogen-bond donors (Lipinski definition) is 2. The second-order valence-electron chi connectivity index (χ2n) is 3.36. The SMILES string of the molecule is C[C@H]1O[C@H](O)C[C@@H](O)[C@@H]1OS(C)(=O)=O. The van der Waals surface area contributed by atoms with E-state index in [2.05, 4.69) is 4.18 Å². The summed E-state index contributed by atoms with van der Waals surface area (Å²) in [6.45, 7) is 1.53. The first-order valence-electron chi connectivity index (χ1n) is 4.19. The number of ether oxygens (including phenoxy) is 1. The van der Waals surface area contributed by atoms with Crippen LogP contribution in [-0.4, -0.2) is 49.5 Å². The van der Waals surface area contributed by atoms with Crippen LogP contribution in [-0.2, 0) is 19.0 Å². The van der Waals surface area contributed by atoms with Crippen LogP contribution >= 0.6 is 0 Å². The molecule has 2 N–H and O–H groups in total. The van der Waals surface area contributed by atoms with Gasteiger partial charge in [-0.15, -0.1) is 0 Å². The van der Waals surface area contributed by atoms with Crippen molar-refractivity contribution in [1.29, 1.82) is 0 Å². The highest BCUT2D eigenvalue weighted by atomic mass is 32.2. The molecule has 0 bridgehead atoms. The van der Waals surface area contributed by atoms with E-state index in [1.54, 1.807) is 0 Å². The van der Waals surface area contributed by atoms with Gasteiger partial charge in [0, 0.05) is 6.42 Å². The predicted molar refractivity (Wildman–Crippen MR) is 46.9 cm³/mol. The molecule has 0 aromatic carbocycles. The number of rotatable bonds is 2. The highest BCUT2D eigenvalue weighted by molar-refractivity contribution is 7.86. The molecule has 6 nitrogen and oxygen atoms in total. The second-order valence-corrected chi connectivity index (χ2v) is 4.96. The highest BCUT2D eigenvalue weighted by Gasteiger charge is 2.37. The normalized spacial score (nSPS) is 39.7. The summed E-state index contributed by atoms with van der Waals surface area (Å²) in [5, 5.41) is 18.5. The van der Waals surface area contributed by atoms with E-state index in [1.807, 2.05) is 0 Å². The minimum atomic E-state index is -3.63. The van der Waals surface area contributed by atoms with Crippen molar-refractivity contribution in [2.75, 3.05) is 6.26 Å². The van der Waals surface area contributed by atoms with Crippen molar-refractivity contribution in [3.63, 3.8) is 0 Å². The fourth-order valence-corrected chi connectivity index (χ4v) is 2.07. The third-order valence-corrected chi connectivity index (χ3v) is 2.51. The van der Waals surface area contributed by atoms with Gasteiger partial charge in [0.2, 0.25) is 0 Å². The van der Waals surface area contributed by atoms with E-state index in [1.165, 1.54) is 6.92 Å². The lowest BCUT2D eigenvalue weighted by Crippen LogP contribution is -2.49. The van der Waals surface area contributed by atoms with E-state index in [4.69, 9.17) is 9.84 Å². The quantitative estimate of drug-likeness (QED) is 0.576. The number of hydrogen-bond acceptors (Lipinski definition) is 6. The Balaban J connectivity index is 2.68. The lowest BCUT2D eigenvalue weighted by molar-refractivity contribution is -0.220. The van der Waals surface area contributed by atoms with E-state index in [0.29, 0.717) is 0 Å². The van der Waals surface area contributed by atoms with Gasteiger partial charge in [-0.2, -0.15) is 8.42 Å². The molecule has 1 saturated heterocycles. The maximum Gasteiger partial charge on any atom is 0.264 e. The Morgan fingerprint density at radius 2 is 2.00 bits per heavy atom. The van der Waals surface area contributed by atoms with Crippen molar-refractivity contribution < 1.29 is 27.6 Å². The zero-order valence-electron chi connectivity index (χ0n) is 7.95. The van der Waals surface area contributed by atoms with E-state index in [-0.39, 0.29) is 6.42 Å². The fourth-order valence-electron chi connectivity index (χ4n) is 1.38. The van der Waals surface area contributed by atoms with Crippen molar-refractivity contribution in [2.24, 2.45) is 0 Å². The van der Waals surface area contributed by atoms with Gasteiger partial charge in [0.15, 0.2) is 6.29 Å². The molecule has 0 unspecified atom stereocenters. The molecule has 0 spiro atoms. The molecular formula is C7H14O6S. The molecule has 1 fully saturated rings. The predicted octanol–water partition coefficient (Wildman–Crippen LogP) is -1.18. The van der Waals surface area contributed by atoms with Gasteiger partial charge >= 0.3 is 0 Å². The van der Waals surface area contributed by atoms with E-state index < -0.39 is 34.7 Å². The molecule has 4 atom stereocenters. The smallest absolute Gasteiger partial charge is 0.264 e. The van der Waals surface area contributed by atoms with E-state index in [9.17, 15) is 13.5 Å². The molecule has 0 aliphatic carbocycles. The molecule has 7 heteroatoms. The number of aliphatic hydroxyl groups is 2. The lowest BCUT2D eigenvalue weighted by atomic mass is 10.0. The van der Waals surface area contributed by atoms with Gasteiger partial charge in [0.05, 0.1) is 18.5 Å². The van der Waals surface area contributed by atoms with Crippen LogP contribution in [0, 0.1) is 0 Å². The standard InChI is InChI=1S/C7H14O6S/c1-4-7(13-14(2,10)11)5(8)3-6(9)12-4/h4-9H,3H2,1-2H3/t4-,5-,6+,7-/m1/s1. The Bertz CT molecular complexity index is 275. The van der Waals surface area contributed by atoms with Crippen LogP contribution < -0.4 is 0 Å². The Labute approximate surface area is 82.6 Å². The molecule has 14 heavy (non-hydrogen) atoms. The minimum absolute atomic E-state index is 0.0511. The summed E-state index contributed by atoms with van der Waals surface area (Å²) in [5.41, 5.74) is 0. The van der Waals surface area contributed by atoms with Crippen molar-refractivity contribution in [1.82, 2.24) is 0 Å². The molecule has 1 rings (SSSR count). The van der Waals surface area contributed by atoms with Gasteiger partial charge in [-0.05, 0) is 6.92 Å². The third kappa shape index (κ3) is 3.18. The van der Waals surface area contributed by atoms with Crippen molar-refractivity contribution in [3.8, 4) is 0 Å². The monoisotopic (exact) mass is 226 g/mol. The Morgan fingerprint density at radius 3 is 2.43 bits per heavy atom. The maximum absolute atomic E-state index is 10.8. The molecule has 0 radical (unpaired) electrons. The summed E-state index contributed by atoms with van der Waals surface area (Å²) in [5.74, 6) is 0. The Morgan fingerprint density at radius 1 is 1.43 bits per heavy atom. The molecule has 0 amide bonds. The average molecular weight is 226 g/mol. The maximum atomic E-state index is 10.8. The van der Waals surface area contributed by atoms with Crippen LogP contribution in [0.3, 0.4) is 0 Å². The van der Waals surface area contributed by atoms with Gasteiger partial charge in [-0.1, -0.05) is 0 Å². The zero-order chi connectivity index (χ0) is 10.9. The Hall–Kier alpha value is -0.210. The summed E-state index contributed by atoms with van der Waals surface area (Å²) >= 11 is 0. The van der Waals surface area contributed by atoms with Gasteiger partial charge in [0.25, 0.3) is 10.1 Å². The van der Waals surface area contributed by atoms with Crippen LogP contribution in [0.1, 0.15) is 13.3 Å². The van der Waals surface area contributed by atoms with Crippen molar-refractivity contribution in [2.45, 2.75) is 37.9 Å². The summed E-state index contributed by atoms with van der Waals surface area (Å²) in [6, 6.07) is 0. The van der Waals surface area contributed by atoms with Crippen LogP contribution in [0.25, 0.3) is 0 Å². The highest BCUT2D eigenvalue weighted by Crippen LogP contribution is 2.22. The molecule has 1 aliphatic rings. The van der Waals surface area contributed by atoms with Gasteiger partial charge in [-0.25, -0.2) is 0 Å². The average Bonchev–Trinajstić information content (AvgIpc) is 1.95. The first-order valence-corrected chi connectivity index (χ1v) is 6.01. The van der Waals surface area contributed by atoms with E-state index in [0.717, 1.165) is 6.26 Å². The third-order valence-electron chi connectivity index (χ3n) is 1.94. The molecule has 0 aromatic rings. The second kappa shape index (κ2) is 4.11. The number of aliphatic hydroxyl groups excluding tert-OH is 2. The first kappa shape index (κ1) is 11.9. The summed E-state index contributed by atoms with van der Waals surface area (Å²) in [6.07, 6.45) is -2.87. The van der Waals surface area contributed by atoms with Crippen LogP contribution in [0.5, 0.6) is 0 Å². The molecule has 84 valence electrons. The van der Waals surface area contributed by atoms with Crippen LogP contribution in [0.15, 0.2) is 0 Å². The largest absolute Gasteiger partial charge is 0.390 e. The molecular weight excluding hydrogens is 212 g/mol. The summed E-state index contributed by atoms with van der Waals surface area (Å²) in [4.78, 5) is 0. The summed E-state index contributed by atoms with van der Waals surface area (Å²) < 4.78 is 31.2. The fraction of sp³-hybridized carbons (Fsp3) is 1.00. The first-order chi connectivity index (χ1) is 6.29. The van der Waals surface area contributed by atoms with Gasteiger partial charge < -0.3 is 14.9 Å². The minimum Gasteiger partial charge on any atom is -0.390 e. The van der Waals surface area contributed by atoms with Gasteiger partial charge in [0.1, 0.15) is 6.10 Å². The Kier molecular flexibility index (Phi) is 3.49. The lowest BCUT2D eigenvalue weighted by Gasteiger charge is -2.34. The van der Waals surface area contributed by atoms with Gasteiger partial charge in [-0.3, -0.25) is 4.18 Å². The van der Waals surface area contributed by atoms with Crippen LogP contribution in [0.2, 0.25) is 0 Å². The summed E-state index contributed by atoms with van der Waals surface area (Å²) in [7, 11) is -3.63. The topological polar surface area (TPSA) is 93.1 Å². The zero-order valence-corrected chi connectivity index (χ0v) is 8.77. The van der Waals surface area contributed by atoms with E-state index >= 15 is 0 Å². The molecule has 0 saturated carbocycles. The molecule has 1 heterocycles. The molecule has 1 aliphatic heterocycles. The van der Waals surface area contributed by atoms with Crippen LogP contribution in [0.4, 0.5) is 0 Å². The molecule has 0 aromatic heterocycles. The van der Waals surface area contributed by atoms with Crippen molar-refractivity contribution in [3.05, 3.63) is 0 Å².